The minimum atomic E-state index is -0.00386. The van der Waals surface area contributed by atoms with E-state index < -0.39 is 0 Å². The molecule has 0 aromatic heterocycles. The number of hydrogen-bond donors (Lipinski definition) is 0. The smallest absolute Gasteiger partial charge is 0.0364 e. The molecule has 4 atom stereocenters. The zero-order valence-corrected chi connectivity index (χ0v) is 13.4. The third kappa shape index (κ3) is 10.6. The highest BCUT2D eigenvalue weighted by atomic mass is 35.5. The van der Waals surface area contributed by atoms with Crippen molar-refractivity contribution in [2.75, 3.05) is 0 Å². The first-order valence-corrected chi connectivity index (χ1v) is 7.69. The molecule has 4 unspecified atom stereocenters. The highest BCUT2D eigenvalue weighted by Crippen LogP contribution is 2.24. The molecule has 0 bridgehead atoms. The summed E-state index contributed by atoms with van der Waals surface area (Å²) in [4.78, 5) is 0. The van der Waals surface area contributed by atoms with E-state index in [4.69, 9.17) is 58.0 Å². The Bertz CT molecular complexity index is 154. The van der Waals surface area contributed by atoms with Crippen molar-refractivity contribution in [3.8, 4) is 0 Å². The van der Waals surface area contributed by atoms with Gasteiger partial charge >= 0.3 is 0 Å². The van der Waals surface area contributed by atoms with Gasteiger partial charge in [-0.3, -0.25) is 0 Å². The van der Waals surface area contributed by atoms with Gasteiger partial charge in [-0.25, -0.2) is 0 Å². The van der Waals surface area contributed by atoms with E-state index in [9.17, 15) is 0 Å². The summed E-state index contributed by atoms with van der Waals surface area (Å²) in [5.41, 5.74) is 0. The van der Waals surface area contributed by atoms with Crippen LogP contribution < -0.4 is 0 Å². The summed E-state index contributed by atoms with van der Waals surface area (Å²) in [7, 11) is 0. The first-order chi connectivity index (χ1) is 7.31. The maximum absolute atomic E-state index is 6.18. The largest absolute Gasteiger partial charge is 0.123 e. The van der Waals surface area contributed by atoms with E-state index in [0.29, 0.717) is 0 Å². The maximum atomic E-state index is 6.18. The van der Waals surface area contributed by atoms with Crippen LogP contribution in [0.25, 0.3) is 0 Å². The zero-order valence-electron chi connectivity index (χ0n) is 9.61. The van der Waals surface area contributed by atoms with Crippen molar-refractivity contribution in [1.82, 2.24) is 0 Å². The molecule has 0 saturated carbocycles. The summed E-state index contributed by atoms with van der Waals surface area (Å²) in [6.45, 7) is 3.86. The highest BCUT2D eigenvalue weighted by molar-refractivity contribution is 6.26. The van der Waals surface area contributed by atoms with Crippen molar-refractivity contribution >= 4 is 58.0 Å². The average Bonchev–Trinajstić information content (AvgIpc) is 1.97. The molecule has 0 rings (SSSR count). The standard InChI is InChI=1S/C11H19Cl5/c1-7(12)3-9(14)5-11(16)6-10(15)4-8(2)13/h7-11H,3-6H2,1-2H3. The van der Waals surface area contributed by atoms with Gasteiger partial charge in [0.15, 0.2) is 0 Å². The second-order valence-corrected chi connectivity index (χ2v) is 7.64. The number of halogens is 5. The number of hydrogen-bond acceptors (Lipinski definition) is 0. The molecule has 0 fully saturated rings. The quantitative estimate of drug-likeness (QED) is 0.507. The van der Waals surface area contributed by atoms with Crippen LogP contribution in [-0.4, -0.2) is 26.9 Å². The molecule has 0 amide bonds. The van der Waals surface area contributed by atoms with Crippen molar-refractivity contribution in [3.05, 3.63) is 0 Å². The van der Waals surface area contributed by atoms with Crippen LogP contribution in [0.1, 0.15) is 39.5 Å². The molecule has 0 aromatic carbocycles. The van der Waals surface area contributed by atoms with Crippen molar-refractivity contribution in [1.29, 1.82) is 0 Å². The molecule has 5 heteroatoms. The van der Waals surface area contributed by atoms with Gasteiger partial charge in [-0.1, -0.05) is 0 Å². The molecule has 0 aromatic rings. The lowest BCUT2D eigenvalue weighted by atomic mass is 10.1. The Labute approximate surface area is 124 Å². The van der Waals surface area contributed by atoms with E-state index in [2.05, 4.69) is 0 Å². The van der Waals surface area contributed by atoms with Gasteiger partial charge in [0.05, 0.1) is 0 Å². The molecule has 16 heavy (non-hydrogen) atoms. The second kappa shape index (κ2) is 9.39. The van der Waals surface area contributed by atoms with Crippen LogP contribution in [0.2, 0.25) is 0 Å². The van der Waals surface area contributed by atoms with E-state index in [1.165, 1.54) is 0 Å². The molecule has 0 radical (unpaired) electrons. The summed E-state index contributed by atoms with van der Waals surface area (Å²) >= 11 is 30.1. The van der Waals surface area contributed by atoms with Gasteiger partial charge in [-0.05, 0) is 39.5 Å². The van der Waals surface area contributed by atoms with Gasteiger partial charge in [-0.2, -0.15) is 0 Å². The minimum absolute atomic E-state index is 0.00386. The Kier molecular flexibility index (Phi) is 10.2. The van der Waals surface area contributed by atoms with Gasteiger partial charge < -0.3 is 0 Å². The lowest BCUT2D eigenvalue weighted by molar-refractivity contribution is 0.591. The van der Waals surface area contributed by atoms with Crippen LogP contribution in [-0.2, 0) is 0 Å². The Hall–Kier alpha value is 1.45. The lowest BCUT2D eigenvalue weighted by Gasteiger charge is -2.18. The molecule has 0 spiro atoms. The zero-order chi connectivity index (χ0) is 12.7. The number of alkyl halides is 5. The number of rotatable bonds is 8. The minimum Gasteiger partial charge on any atom is -0.123 e. The summed E-state index contributed by atoms with van der Waals surface area (Å²) < 4.78 is 0. The third-order valence-electron chi connectivity index (χ3n) is 2.18. The predicted molar refractivity (Wildman–Crippen MR) is 78.0 cm³/mol. The Balaban J connectivity index is 3.75. The van der Waals surface area contributed by atoms with Gasteiger partial charge in [0, 0.05) is 26.9 Å². The third-order valence-corrected chi connectivity index (χ3v) is 3.61. The van der Waals surface area contributed by atoms with Gasteiger partial charge in [0.25, 0.3) is 0 Å². The summed E-state index contributed by atoms with van der Waals surface area (Å²) in [6.07, 6.45) is 3.01. The summed E-state index contributed by atoms with van der Waals surface area (Å²) in [5, 5.41) is 0.206. The fraction of sp³-hybridized carbons (Fsp3) is 1.00. The van der Waals surface area contributed by atoms with Crippen molar-refractivity contribution in [2.45, 2.75) is 66.4 Å². The van der Waals surface area contributed by atoms with E-state index >= 15 is 0 Å². The fourth-order valence-corrected chi connectivity index (χ4v) is 3.74. The topological polar surface area (TPSA) is 0 Å². The Morgan fingerprint density at radius 3 is 1.06 bits per heavy atom. The summed E-state index contributed by atoms with van der Waals surface area (Å²) in [5.74, 6) is 0. The van der Waals surface area contributed by atoms with Gasteiger partial charge in [-0.15, -0.1) is 58.0 Å². The molecule has 0 aliphatic carbocycles. The molecular formula is C11H19Cl5. The van der Waals surface area contributed by atoms with Crippen molar-refractivity contribution < 1.29 is 0 Å². The van der Waals surface area contributed by atoms with Crippen LogP contribution >= 0.6 is 58.0 Å². The first kappa shape index (κ1) is 17.4. The maximum Gasteiger partial charge on any atom is 0.0364 e. The van der Waals surface area contributed by atoms with E-state index in [1.54, 1.807) is 0 Å². The second-order valence-electron chi connectivity index (χ2n) is 4.30. The van der Waals surface area contributed by atoms with Crippen LogP contribution in [0.5, 0.6) is 0 Å². The van der Waals surface area contributed by atoms with Gasteiger partial charge in [0.2, 0.25) is 0 Å². The fourth-order valence-electron chi connectivity index (χ4n) is 1.55. The van der Waals surface area contributed by atoms with E-state index in [-0.39, 0.29) is 26.9 Å². The van der Waals surface area contributed by atoms with E-state index in [1.807, 2.05) is 13.8 Å². The van der Waals surface area contributed by atoms with Crippen LogP contribution in [0.4, 0.5) is 0 Å². The predicted octanol–water partition coefficient (Wildman–Crippen LogP) is 5.62. The van der Waals surface area contributed by atoms with Crippen molar-refractivity contribution in [2.24, 2.45) is 0 Å². The molecule has 98 valence electrons. The lowest BCUT2D eigenvalue weighted by Crippen LogP contribution is -2.17. The Morgan fingerprint density at radius 2 is 0.812 bits per heavy atom. The molecule has 0 N–H and O–H groups in total. The average molecular weight is 329 g/mol. The molecule has 0 aliphatic heterocycles. The van der Waals surface area contributed by atoms with Crippen LogP contribution in [0, 0.1) is 0 Å². The SMILES string of the molecule is CC(Cl)CC(Cl)CC(Cl)CC(Cl)CC(C)Cl. The first-order valence-electron chi connectivity index (χ1n) is 5.51. The summed E-state index contributed by atoms with van der Waals surface area (Å²) in [6, 6.07) is 0. The highest BCUT2D eigenvalue weighted by Gasteiger charge is 2.18. The van der Waals surface area contributed by atoms with E-state index in [0.717, 1.165) is 25.7 Å². The molecule has 0 heterocycles. The molecule has 0 nitrogen and oxygen atoms in total. The van der Waals surface area contributed by atoms with Crippen LogP contribution in [0.3, 0.4) is 0 Å². The molecule has 0 saturated heterocycles. The normalized spacial score (nSPS) is 21.2. The van der Waals surface area contributed by atoms with Crippen molar-refractivity contribution in [3.63, 3.8) is 0 Å². The Morgan fingerprint density at radius 1 is 0.562 bits per heavy atom. The van der Waals surface area contributed by atoms with Gasteiger partial charge in [0.1, 0.15) is 0 Å². The monoisotopic (exact) mass is 326 g/mol. The molecule has 0 aliphatic rings. The molecular weight excluding hydrogens is 309 g/mol. The van der Waals surface area contributed by atoms with Crippen LogP contribution in [0.15, 0.2) is 0 Å².